The Balaban J connectivity index is 1.29. The maximum atomic E-state index is 13.0. The number of rotatable bonds is 10. The normalized spacial score (nSPS) is 12.2. The lowest BCUT2D eigenvalue weighted by Crippen LogP contribution is -2.28. The molecule has 4 aromatic carbocycles. The van der Waals surface area contributed by atoms with Gasteiger partial charge in [0, 0.05) is 11.4 Å². The highest BCUT2D eigenvalue weighted by Crippen LogP contribution is 2.26. The van der Waals surface area contributed by atoms with Gasteiger partial charge < -0.3 is 10.1 Å². The highest BCUT2D eigenvalue weighted by molar-refractivity contribution is 8.00. The molecule has 0 saturated carbocycles. The number of para-hydroxylation sites is 1. The minimum absolute atomic E-state index is 0.217. The van der Waals surface area contributed by atoms with Gasteiger partial charge in [-0.25, -0.2) is 5.43 Å². The minimum atomic E-state index is -0.456. The molecule has 1 amide bonds. The number of benzene rings is 4. The summed E-state index contributed by atoms with van der Waals surface area (Å²) in [5.74, 6) is 1.30. The van der Waals surface area contributed by atoms with Gasteiger partial charge in [-0.15, -0.1) is 10.2 Å². The Labute approximate surface area is 237 Å². The number of anilines is 1. The second-order valence-electron chi connectivity index (χ2n) is 9.15. The smallest absolute Gasteiger partial charge is 0.253 e. The van der Waals surface area contributed by atoms with E-state index in [1.54, 1.807) is 7.11 Å². The molecule has 9 heteroatoms. The second kappa shape index (κ2) is 12.5. The Morgan fingerprint density at radius 3 is 2.42 bits per heavy atom. The van der Waals surface area contributed by atoms with Gasteiger partial charge >= 0.3 is 0 Å². The van der Waals surface area contributed by atoms with E-state index in [0.717, 1.165) is 45.0 Å². The zero-order valence-corrected chi connectivity index (χ0v) is 23.4. The van der Waals surface area contributed by atoms with Crippen LogP contribution in [0.1, 0.15) is 25.2 Å². The van der Waals surface area contributed by atoms with Crippen LogP contribution in [0.25, 0.3) is 16.5 Å². The number of aromatic nitrogens is 3. The summed E-state index contributed by atoms with van der Waals surface area (Å²) in [6.45, 7) is 4.17. The number of thioether (sulfide) groups is 1. The van der Waals surface area contributed by atoms with E-state index in [1.807, 2.05) is 91.2 Å². The molecule has 0 unspecified atom stereocenters. The van der Waals surface area contributed by atoms with Gasteiger partial charge in [0.15, 0.2) is 11.0 Å². The van der Waals surface area contributed by atoms with Crippen molar-refractivity contribution in [2.24, 2.45) is 5.10 Å². The lowest BCUT2D eigenvalue weighted by atomic mass is 10.0. The Bertz CT molecular complexity index is 1630. The van der Waals surface area contributed by atoms with Crippen molar-refractivity contribution >= 4 is 39.8 Å². The fourth-order valence-corrected chi connectivity index (χ4v) is 5.02. The van der Waals surface area contributed by atoms with Gasteiger partial charge in [-0.2, -0.15) is 5.10 Å². The molecule has 5 rings (SSSR count). The summed E-state index contributed by atoms with van der Waals surface area (Å²) >= 11 is 1.33. The highest BCUT2D eigenvalue weighted by Gasteiger charge is 2.21. The van der Waals surface area contributed by atoms with Gasteiger partial charge in [0.1, 0.15) is 5.75 Å². The van der Waals surface area contributed by atoms with Crippen LogP contribution < -0.4 is 15.5 Å². The van der Waals surface area contributed by atoms with Crippen molar-refractivity contribution in [2.45, 2.75) is 30.8 Å². The van der Waals surface area contributed by atoms with Gasteiger partial charge in [-0.3, -0.25) is 9.36 Å². The molecule has 0 saturated heterocycles. The molecule has 1 aromatic heterocycles. The summed E-state index contributed by atoms with van der Waals surface area (Å²) in [6.07, 6.45) is 0. The van der Waals surface area contributed by atoms with E-state index in [0.29, 0.717) is 11.7 Å². The molecule has 1 heterocycles. The molecule has 0 aliphatic rings. The number of amides is 1. The molecule has 0 radical (unpaired) electrons. The van der Waals surface area contributed by atoms with E-state index >= 15 is 0 Å². The quantitative estimate of drug-likeness (QED) is 0.125. The maximum Gasteiger partial charge on any atom is 0.253 e. The van der Waals surface area contributed by atoms with Crippen LogP contribution >= 0.6 is 11.8 Å². The highest BCUT2D eigenvalue weighted by atomic mass is 32.2. The van der Waals surface area contributed by atoms with Crippen molar-refractivity contribution in [1.82, 2.24) is 20.2 Å². The maximum absolute atomic E-state index is 13.0. The lowest BCUT2D eigenvalue weighted by Gasteiger charge is -2.14. The van der Waals surface area contributed by atoms with E-state index < -0.39 is 5.25 Å². The van der Waals surface area contributed by atoms with Crippen molar-refractivity contribution in [2.75, 3.05) is 12.4 Å². The summed E-state index contributed by atoms with van der Waals surface area (Å²) in [5.41, 5.74) is 6.26. The SMILES string of the molecule is COc1ccc(NCc2nnc(S[C@@H](C)C(=O)N/N=C(\C)c3ccc4ccccc4c3)n2-c2ccccc2)cc1. The Hall–Kier alpha value is -4.63. The van der Waals surface area contributed by atoms with Crippen LogP contribution in [0.3, 0.4) is 0 Å². The average Bonchev–Trinajstić information content (AvgIpc) is 3.41. The van der Waals surface area contributed by atoms with Gasteiger partial charge in [-0.1, -0.05) is 66.4 Å². The molecule has 0 bridgehead atoms. The lowest BCUT2D eigenvalue weighted by molar-refractivity contribution is -0.120. The summed E-state index contributed by atoms with van der Waals surface area (Å²) in [4.78, 5) is 13.0. The van der Waals surface area contributed by atoms with Crippen molar-refractivity contribution in [3.8, 4) is 11.4 Å². The van der Waals surface area contributed by atoms with Gasteiger partial charge in [-0.05, 0) is 72.6 Å². The van der Waals surface area contributed by atoms with Crippen LogP contribution in [0, 0.1) is 0 Å². The average molecular weight is 551 g/mol. The third-order valence-electron chi connectivity index (χ3n) is 6.41. The van der Waals surface area contributed by atoms with E-state index in [2.05, 4.69) is 50.3 Å². The molecule has 202 valence electrons. The number of nitrogens with zero attached hydrogens (tertiary/aromatic N) is 4. The zero-order chi connectivity index (χ0) is 27.9. The van der Waals surface area contributed by atoms with Gasteiger partial charge in [0.05, 0.1) is 24.6 Å². The van der Waals surface area contributed by atoms with E-state index in [4.69, 9.17) is 4.74 Å². The van der Waals surface area contributed by atoms with Gasteiger partial charge in [0.25, 0.3) is 5.91 Å². The molecule has 1 atom stereocenters. The van der Waals surface area contributed by atoms with Crippen molar-refractivity contribution in [3.63, 3.8) is 0 Å². The number of nitrogens with one attached hydrogen (secondary N) is 2. The molecule has 0 fully saturated rings. The number of hydrogen-bond donors (Lipinski definition) is 2. The number of hydrogen-bond acceptors (Lipinski definition) is 7. The number of hydrazone groups is 1. The zero-order valence-electron chi connectivity index (χ0n) is 22.5. The number of carbonyl (C=O) groups is 1. The minimum Gasteiger partial charge on any atom is -0.497 e. The molecular weight excluding hydrogens is 520 g/mol. The third-order valence-corrected chi connectivity index (χ3v) is 7.45. The van der Waals surface area contributed by atoms with Crippen molar-refractivity contribution < 1.29 is 9.53 Å². The predicted molar refractivity (Wildman–Crippen MR) is 161 cm³/mol. The van der Waals surface area contributed by atoms with Crippen LogP contribution in [0.4, 0.5) is 5.69 Å². The van der Waals surface area contributed by atoms with Crippen molar-refractivity contribution in [3.05, 3.63) is 108 Å². The molecule has 5 aromatic rings. The Morgan fingerprint density at radius 1 is 0.950 bits per heavy atom. The first-order chi connectivity index (χ1) is 19.5. The summed E-state index contributed by atoms with van der Waals surface area (Å²) in [7, 11) is 1.64. The Kier molecular flexibility index (Phi) is 8.41. The van der Waals surface area contributed by atoms with Gasteiger partial charge in [0.2, 0.25) is 0 Å². The van der Waals surface area contributed by atoms with Crippen LogP contribution in [-0.2, 0) is 11.3 Å². The van der Waals surface area contributed by atoms with Crippen LogP contribution in [0.2, 0.25) is 0 Å². The molecule has 0 aliphatic carbocycles. The van der Waals surface area contributed by atoms with Crippen LogP contribution in [0.5, 0.6) is 5.75 Å². The van der Waals surface area contributed by atoms with E-state index in [1.165, 1.54) is 11.8 Å². The topological polar surface area (TPSA) is 93.4 Å². The molecule has 0 spiro atoms. The number of ether oxygens (including phenoxy) is 1. The first-order valence-electron chi connectivity index (χ1n) is 12.9. The number of methoxy groups -OCH3 is 1. The fourth-order valence-electron chi connectivity index (χ4n) is 4.14. The second-order valence-corrected chi connectivity index (χ2v) is 10.5. The third kappa shape index (κ3) is 6.32. The van der Waals surface area contributed by atoms with Crippen LogP contribution in [0.15, 0.2) is 107 Å². The van der Waals surface area contributed by atoms with Crippen LogP contribution in [-0.4, -0.2) is 38.7 Å². The van der Waals surface area contributed by atoms with E-state index in [9.17, 15) is 4.79 Å². The fraction of sp³-hybridized carbons (Fsp3) is 0.161. The first kappa shape index (κ1) is 27.0. The predicted octanol–water partition coefficient (Wildman–Crippen LogP) is 6.06. The molecule has 40 heavy (non-hydrogen) atoms. The molecule has 8 nitrogen and oxygen atoms in total. The number of carbonyl (C=O) groups excluding carboxylic acids is 1. The largest absolute Gasteiger partial charge is 0.497 e. The summed E-state index contributed by atoms with van der Waals surface area (Å²) in [6, 6.07) is 31.9. The van der Waals surface area contributed by atoms with Crippen molar-refractivity contribution in [1.29, 1.82) is 0 Å². The standard InChI is InChI=1S/C31H30N6O2S/c1-21(24-14-13-23-9-7-8-10-25(23)19-24)33-35-30(38)22(2)40-31-36-34-29(37(31)27-11-5-4-6-12-27)20-32-26-15-17-28(39-3)18-16-26/h4-19,22,32H,20H2,1-3H3,(H,35,38)/b33-21+/t22-/m0/s1. The first-order valence-corrected chi connectivity index (χ1v) is 13.8. The van der Waals surface area contributed by atoms with E-state index in [-0.39, 0.29) is 5.91 Å². The molecule has 2 N–H and O–H groups in total. The monoisotopic (exact) mass is 550 g/mol. The molecule has 0 aliphatic heterocycles. The summed E-state index contributed by atoms with van der Waals surface area (Å²) < 4.78 is 7.21. The summed E-state index contributed by atoms with van der Waals surface area (Å²) in [5, 5.41) is 19.1. The Morgan fingerprint density at radius 2 is 1.68 bits per heavy atom. The molecular formula is C31H30N6O2S. The number of fused-ring (bicyclic) bond motifs is 1.